The van der Waals surface area contributed by atoms with Gasteiger partial charge in [-0.05, 0) is 55.9 Å². The molecule has 0 amide bonds. The average molecular weight is 334 g/mol. The summed E-state index contributed by atoms with van der Waals surface area (Å²) in [5, 5.41) is 0. The monoisotopic (exact) mass is 333 g/mol. The number of alkyl halides is 1. The molecule has 1 aromatic carbocycles. The van der Waals surface area contributed by atoms with E-state index in [1.165, 1.54) is 12.1 Å². The molecule has 1 aliphatic rings. The fourth-order valence-corrected chi connectivity index (χ4v) is 5.29. The van der Waals surface area contributed by atoms with Gasteiger partial charge in [-0.3, -0.25) is 0 Å². The van der Waals surface area contributed by atoms with E-state index in [1.54, 1.807) is 13.8 Å². The van der Waals surface area contributed by atoms with Crippen LogP contribution in [0.3, 0.4) is 0 Å². The summed E-state index contributed by atoms with van der Waals surface area (Å²) in [6.07, 6.45) is 3.83. The Morgan fingerprint density at radius 1 is 1.24 bits per heavy atom. The van der Waals surface area contributed by atoms with Crippen molar-refractivity contribution in [3.63, 3.8) is 0 Å². The standard InChI is InChI=1S/C15H21ClFNO2S/c1-10-7-13(17)8-11(2)15(10)21(19,20)18-14-6-4-3-5-12(14)9-16/h7-8,12,14,18H,3-6,9H2,1-2H3. The second-order valence-corrected chi connectivity index (χ2v) is 7.75. The molecular weight excluding hydrogens is 313 g/mol. The quantitative estimate of drug-likeness (QED) is 0.857. The van der Waals surface area contributed by atoms with Gasteiger partial charge in [0.15, 0.2) is 0 Å². The molecule has 21 heavy (non-hydrogen) atoms. The molecule has 0 aliphatic heterocycles. The number of sulfonamides is 1. The molecule has 0 heterocycles. The highest BCUT2D eigenvalue weighted by atomic mass is 35.5. The fraction of sp³-hybridized carbons (Fsp3) is 0.600. The van der Waals surface area contributed by atoms with Crippen LogP contribution in [0.25, 0.3) is 0 Å². The van der Waals surface area contributed by atoms with E-state index in [-0.39, 0.29) is 16.9 Å². The van der Waals surface area contributed by atoms with Gasteiger partial charge in [-0.1, -0.05) is 12.8 Å². The summed E-state index contributed by atoms with van der Waals surface area (Å²) in [6, 6.07) is 2.37. The van der Waals surface area contributed by atoms with Gasteiger partial charge in [-0.25, -0.2) is 17.5 Å². The molecule has 0 bridgehead atoms. The summed E-state index contributed by atoms with van der Waals surface area (Å²) < 4.78 is 41.4. The second-order valence-electron chi connectivity index (χ2n) is 5.80. The van der Waals surface area contributed by atoms with Crippen molar-refractivity contribution in [1.82, 2.24) is 4.72 Å². The van der Waals surface area contributed by atoms with Crippen LogP contribution in [-0.4, -0.2) is 20.3 Å². The molecule has 1 aliphatic carbocycles. The summed E-state index contributed by atoms with van der Waals surface area (Å²) in [4.78, 5) is 0.183. The van der Waals surface area contributed by atoms with Crippen LogP contribution in [0.4, 0.5) is 4.39 Å². The van der Waals surface area contributed by atoms with Gasteiger partial charge in [0.2, 0.25) is 10.0 Å². The normalized spacial score (nSPS) is 23.2. The smallest absolute Gasteiger partial charge is 0.208 e. The van der Waals surface area contributed by atoms with Crippen LogP contribution in [-0.2, 0) is 10.0 Å². The highest BCUT2D eigenvalue weighted by molar-refractivity contribution is 7.89. The van der Waals surface area contributed by atoms with Gasteiger partial charge in [-0.15, -0.1) is 11.6 Å². The zero-order valence-electron chi connectivity index (χ0n) is 12.3. The van der Waals surface area contributed by atoms with Gasteiger partial charge in [0.05, 0.1) is 4.90 Å². The molecule has 2 unspecified atom stereocenters. The third-order valence-corrected chi connectivity index (χ3v) is 6.30. The van der Waals surface area contributed by atoms with Crippen molar-refractivity contribution in [2.24, 2.45) is 5.92 Å². The van der Waals surface area contributed by atoms with Crippen molar-refractivity contribution in [2.45, 2.75) is 50.5 Å². The molecule has 118 valence electrons. The molecule has 1 aromatic rings. The molecule has 0 radical (unpaired) electrons. The van der Waals surface area contributed by atoms with E-state index in [0.717, 1.165) is 25.7 Å². The Bertz CT molecular complexity index is 595. The van der Waals surface area contributed by atoms with Gasteiger partial charge < -0.3 is 0 Å². The Kier molecular flexibility index (Phi) is 5.28. The van der Waals surface area contributed by atoms with Crippen molar-refractivity contribution in [3.05, 3.63) is 29.1 Å². The molecule has 1 fully saturated rings. The van der Waals surface area contributed by atoms with Crippen molar-refractivity contribution < 1.29 is 12.8 Å². The Hall–Kier alpha value is -0.650. The molecule has 1 saturated carbocycles. The Morgan fingerprint density at radius 2 is 1.81 bits per heavy atom. The van der Waals surface area contributed by atoms with E-state index in [4.69, 9.17) is 11.6 Å². The van der Waals surface area contributed by atoms with Gasteiger partial charge in [0.1, 0.15) is 5.82 Å². The maximum atomic E-state index is 13.3. The van der Waals surface area contributed by atoms with E-state index in [2.05, 4.69) is 4.72 Å². The zero-order valence-corrected chi connectivity index (χ0v) is 13.9. The highest BCUT2D eigenvalue weighted by Crippen LogP contribution is 2.28. The van der Waals surface area contributed by atoms with Gasteiger partial charge in [0.25, 0.3) is 0 Å². The number of rotatable bonds is 4. The SMILES string of the molecule is Cc1cc(F)cc(C)c1S(=O)(=O)NC1CCCCC1CCl. The predicted molar refractivity (Wildman–Crippen MR) is 82.7 cm³/mol. The first-order valence-corrected chi connectivity index (χ1v) is 9.22. The van der Waals surface area contributed by atoms with Gasteiger partial charge in [0, 0.05) is 11.9 Å². The minimum atomic E-state index is -3.66. The van der Waals surface area contributed by atoms with Crippen molar-refractivity contribution in [1.29, 1.82) is 0 Å². The second kappa shape index (κ2) is 6.63. The maximum absolute atomic E-state index is 13.3. The van der Waals surface area contributed by atoms with E-state index in [0.29, 0.717) is 17.0 Å². The van der Waals surface area contributed by atoms with Crippen molar-refractivity contribution in [3.8, 4) is 0 Å². The van der Waals surface area contributed by atoms with Crippen LogP contribution in [0.1, 0.15) is 36.8 Å². The lowest BCUT2D eigenvalue weighted by Gasteiger charge is -2.31. The van der Waals surface area contributed by atoms with Gasteiger partial charge >= 0.3 is 0 Å². The van der Waals surface area contributed by atoms with Crippen LogP contribution in [0.2, 0.25) is 0 Å². The number of hydrogen-bond acceptors (Lipinski definition) is 2. The Labute approximate surface area is 130 Å². The van der Waals surface area contributed by atoms with Crippen LogP contribution in [0, 0.1) is 25.6 Å². The minimum absolute atomic E-state index is 0.134. The summed E-state index contributed by atoms with van der Waals surface area (Å²) in [6.45, 7) is 3.23. The summed E-state index contributed by atoms with van der Waals surface area (Å²) in [5.74, 6) is 0.200. The third-order valence-electron chi connectivity index (χ3n) is 4.11. The summed E-state index contributed by atoms with van der Waals surface area (Å²) >= 11 is 5.95. The number of benzene rings is 1. The van der Waals surface area contributed by atoms with Crippen molar-refractivity contribution in [2.75, 3.05) is 5.88 Å². The van der Waals surface area contributed by atoms with E-state index >= 15 is 0 Å². The first-order valence-electron chi connectivity index (χ1n) is 7.20. The molecule has 0 spiro atoms. The van der Waals surface area contributed by atoms with Crippen molar-refractivity contribution >= 4 is 21.6 Å². The van der Waals surface area contributed by atoms with Gasteiger partial charge in [-0.2, -0.15) is 0 Å². The molecule has 3 nitrogen and oxygen atoms in total. The first kappa shape index (κ1) is 16.7. The van der Waals surface area contributed by atoms with Crippen LogP contribution in [0.5, 0.6) is 0 Å². The predicted octanol–water partition coefficient (Wildman–Crippen LogP) is 3.52. The average Bonchev–Trinajstić information content (AvgIpc) is 2.37. The molecule has 6 heteroatoms. The molecule has 1 N–H and O–H groups in total. The molecule has 2 rings (SSSR count). The molecular formula is C15H21ClFNO2S. The van der Waals surface area contributed by atoms with Crippen LogP contribution in [0.15, 0.2) is 17.0 Å². The lowest BCUT2D eigenvalue weighted by atomic mass is 9.86. The number of nitrogens with one attached hydrogen (secondary N) is 1. The zero-order chi connectivity index (χ0) is 15.6. The molecule has 2 atom stereocenters. The summed E-state index contributed by atoms with van der Waals surface area (Å²) in [7, 11) is -3.66. The Balaban J connectivity index is 2.30. The Morgan fingerprint density at radius 3 is 2.38 bits per heavy atom. The number of halogens is 2. The largest absolute Gasteiger partial charge is 0.241 e. The lowest BCUT2D eigenvalue weighted by Crippen LogP contribution is -2.43. The molecule has 0 aromatic heterocycles. The van der Waals surface area contributed by atoms with E-state index in [1.807, 2.05) is 0 Å². The number of hydrogen-bond donors (Lipinski definition) is 1. The fourth-order valence-electron chi connectivity index (χ4n) is 3.13. The topological polar surface area (TPSA) is 46.2 Å². The summed E-state index contributed by atoms with van der Waals surface area (Å²) in [5.41, 5.74) is 0.858. The lowest BCUT2D eigenvalue weighted by molar-refractivity contribution is 0.313. The number of aryl methyl sites for hydroxylation is 2. The van der Waals surface area contributed by atoms with E-state index in [9.17, 15) is 12.8 Å². The highest BCUT2D eigenvalue weighted by Gasteiger charge is 2.30. The first-order chi connectivity index (χ1) is 9.85. The third kappa shape index (κ3) is 3.76. The molecule has 0 saturated heterocycles. The van der Waals surface area contributed by atoms with E-state index < -0.39 is 15.8 Å². The van der Waals surface area contributed by atoms with Crippen LogP contribution < -0.4 is 4.72 Å². The minimum Gasteiger partial charge on any atom is -0.208 e. The maximum Gasteiger partial charge on any atom is 0.241 e. The van der Waals surface area contributed by atoms with Crippen LogP contribution >= 0.6 is 11.6 Å².